The lowest BCUT2D eigenvalue weighted by Gasteiger charge is -2.27. The average Bonchev–Trinajstić information content (AvgIpc) is 3.09. The number of methoxy groups -OCH3 is 1. The number of H-pyrrole nitrogens is 1. The second kappa shape index (κ2) is 7.97. The number of benzene rings is 1. The number of halogens is 1. The van der Waals surface area contributed by atoms with E-state index in [9.17, 15) is 4.79 Å². The molecule has 0 unspecified atom stereocenters. The number of aromatic amines is 1. The van der Waals surface area contributed by atoms with E-state index in [0.717, 1.165) is 37.3 Å². The van der Waals surface area contributed by atoms with Crippen molar-refractivity contribution in [2.24, 2.45) is 0 Å². The van der Waals surface area contributed by atoms with Crippen LogP contribution in [-0.4, -0.2) is 52.8 Å². The number of hydrogen-bond donors (Lipinski definition) is 1. The van der Waals surface area contributed by atoms with Crippen molar-refractivity contribution in [3.63, 3.8) is 0 Å². The predicted octanol–water partition coefficient (Wildman–Crippen LogP) is 3.25. The first-order valence-corrected chi connectivity index (χ1v) is 8.98. The Bertz CT molecular complexity index is 754. The molecule has 134 valence electrons. The van der Waals surface area contributed by atoms with Crippen molar-refractivity contribution >= 4 is 17.5 Å². The highest BCUT2D eigenvalue weighted by molar-refractivity contribution is 6.33. The first-order chi connectivity index (χ1) is 12.1. The minimum Gasteiger partial charge on any atom is -0.384 e. The highest BCUT2D eigenvalue weighted by Gasteiger charge is 2.22. The van der Waals surface area contributed by atoms with Crippen LogP contribution in [0, 0.1) is 6.92 Å². The summed E-state index contributed by atoms with van der Waals surface area (Å²) in [6.45, 7) is 4.11. The maximum atomic E-state index is 12.9. The fourth-order valence-corrected chi connectivity index (χ4v) is 3.37. The van der Waals surface area contributed by atoms with Crippen LogP contribution in [0.25, 0.3) is 11.4 Å². The molecule has 0 bridgehead atoms. The Morgan fingerprint density at radius 3 is 2.80 bits per heavy atom. The van der Waals surface area contributed by atoms with Crippen molar-refractivity contribution in [2.45, 2.75) is 32.6 Å². The summed E-state index contributed by atoms with van der Waals surface area (Å²) in [4.78, 5) is 19.3. The Morgan fingerprint density at radius 2 is 2.08 bits per heavy atom. The van der Waals surface area contributed by atoms with Gasteiger partial charge < -0.3 is 9.64 Å². The molecule has 25 heavy (non-hydrogen) atoms. The Balaban J connectivity index is 1.89. The van der Waals surface area contributed by atoms with Gasteiger partial charge in [-0.05, 0) is 43.9 Å². The normalized spacial score (nSPS) is 14.8. The molecule has 0 radical (unpaired) electrons. The van der Waals surface area contributed by atoms with Gasteiger partial charge >= 0.3 is 0 Å². The number of aromatic nitrogens is 3. The molecule has 3 rings (SSSR count). The van der Waals surface area contributed by atoms with Crippen LogP contribution < -0.4 is 0 Å². The van der Waals surface area contributed by atoms with Gasteiger partial charge in [0.15, 0.2) is 5.82 Å². The zero-order valence-electron chi connectivity index (χ0n) is 14.6. The number of piperidine rings is 1. The number of rotatable bonds is 5. The van der Waals surface area contributed by atoms with Crippen LogP contribution in [0.3, 0.4) is 0 Å². The molecule has 0 aliphatic carbocycles. The minimum atomic E-state index is 0.0604. The molecule has 1 aliphatic rings. The Hall–Kier alpha value is -1.92. The lowest BCUT2D eigenvalue weighted by atomic mass is 10.0. The molecule has 1 aromatic carbocycles. The van der Waals surface area contributed by atoms with E-state index >= 15 is 0 Å². The maximum absolute atomic E-state index is 12.9. The van der Waals surface area contributed by atoms with E-state index in [1.165, 1.54) is 6.42 Å². The van der Waals surface area contributed by atoms with Gasteiger partial charge in [-0.1, -0.05) is 11.6 Å². The number of aryl methyl sites for hydroxylation is 1. The smallest absolute Gasteiger partial charge is 0.254 e. The molecule has 0 atom stereocenters. The standard InChI is InChI=1S/C18H23ClN4O2/c1-12-10-15(19)14(17-20-16(21-22-17)6-9-25-2)11-13(12)18(24)23-7-4-3-5-8-23/h10-11H,3-9H2,1-2H3,(H,20,21,22). The highest BCUT2D eigenvalue weighted by atomic mass is 35.5. The number of hydrogen-bond acceptors (Lipinski definition) is 4. The molecule has 1 N–H and O–H groups in total. The van der Waals surface area contributed by atoms with Gasteiger partial charge in [0.05, 0.1) is 11.6 Å². The first-order valence-electron chi connectivity index (χ1n) is 8.60. The number of nitrogens with one attached hydrogen (secondary N) is 1. The molecule has 1 aromatic heterocycles. The maximum Gasteiger partial charge on any atom is 0.254 e. The van der Waals surface area contributed by atoms with Crippen molar-refractivity contribution in [3.8, 4) is 11.4 Å². The molecular formula is C18H23ClN4O2. The van der Waals surface area contributed by atoms with Crippen molar-refractivity contribution in [2.75, 3.05) is 26.8 Å². The van der Waals surface area contributed by atoms with E-state index in [1.807, 2.05) is 24.0 Å². The van der Waals surface area contributed by atoms with E-state index < -0.39 is 0 Å². The van der Waals surface area contributed by atoms with E-state index in [0.29, 0.717) is 35.0 Å². The zero-order chi connectivity index (χ0) is 17.8. The topological polar surface area (TPSA) is 71.1 Å². The molecule has 1 fully saturated rings. The summed E-state index contributed by atoms with van der Waals surface area (Å²) < 4.78 is 5.05. The number of amides is 1. The van der Waals surface area contributed by atoms with Gasteiger partial charge in [0.2, 0.25) is 0 Å². The Labute approximate surface area is 152 Å². The van der Waals surface area contributed by atoms with E-state index in [2.05, 4.69) is 15.2 Å². The fourth-order valence-electron chi connectivity index (χ4n) is 3.07. The van der Waals surface area contributed by atoms with Crippen LogP contribution in [-0.2, 0) is 11.2 Å². The number of carbonyl (C=O) groups is 1. The average molecular weight is 363 g/mol. The molecule has 2 aromatic rings. The highest BCUT2D eigenvalue weighted by Crippen LogP contribution is 2.29. The summed E-state index contributed by atoms with van der Waals surface area (Å²) in [5.74, 6) is 1.30. The summed E-state index contributed by atoms with van der Waals surface area (Å²) in [5.41, 5.74) is 2.22. The molecule has 1 saturated heterocycles. The molecule has 7 heteroatoms. The molecule has 1 amide bonds. The zero-order valence-corrected chi connectivity index (χ0v) is 15.4. The van der Waals surface area contributed by atoms with Gasteiger partial charge in [-0.2, -0.15) is 5.10 Å². The van der Waals surface area contributed by atoms with E-state index in [1.54, 1.807) is 7.11 Å². The Kier molecular flexibility index (Phi) is 5.71. The van der Waals surface area contributed by atoms with Crippen LogP contribution in [0.4, 0.5) is 0 Å². The van der Waals surface area contributed by atoms with Gasteiger partial charge in [0.1, 0.15) is 5.82 Å². The third kappa shape index (κ3) is 4.02. The SMILES string of the molecule is COCCc1nc(-c2cc(C(=O)N3CCCCC3)c(C)cc2Cl)n[nH]1. The van der Waals surface area contributed by atoms with Gasteiger partial charge in [0, 0.05) is 37.7 Å². The summed E-state index contributed by atoms with van der Waals surface area (Å²) in [6.07, 6.45) is 3.96. The van der Waals surface area contributed by atoms with E-state index in [4.69, 9.17) is 16.3 Å². The van der Waals surface area contributed by atoms with Crippen LogP contribution in [0.5, 0.6) is 0 Å². The van der Waals surface area contributed by atoms with Crippen molar-refractivity contribution in [1.29, 1.82) is 0 Å². The molecule has 2 heterocycles. The van der Waals surface area contributed by atoms with Gasteiger partial charge in [-0.25, -0.2) is 4.98 Å². The second-order valence-corrected chi connectivity index (χ2v) is 6.76. The van der Waals surface area contributed by atoms with Crippen LogP contribution in [0.15, 0.2) is 12.1 Å². The molecule has 0 spiro atoms. The molecular weight excluding hydrogens is 340 g/mol. The third-order valence-electron chi connectivity index (χ3n) is 4.50. The molecule has 6 nitrogen and oxygen atoms in total. The predicted molar refractivity (Wildman–Crippen MR) is 96.9 cm³/mol. The van der Waals surface area contributed by atoms with E-state index in [-0.39, 0.29) is 5.91 Å². The number of likely N-dealkylation sites (tertiary alicyclic amines) is 1. The van der Waals surface area contributed by atoms with Gasteiger partial charge in [0.25, 0.3) is 5.91 Å². The lowest BCUT2D eigenvalue weighted by molar-refractivity contribution is 0.0723. The number of ether oxygens (including phenoxy) is 1. The van der Waals surface area contributed by atoms with Gasteiger partial charge in [-0.3, -0.25) is 9.89 Å². The molecule has 1 aliphatic heterocycles. The van der Waals surface area contributed by atoms with Crippen molar-refractivity contribution in [1.82, 2.24) is 20.1 Å². The van der Waals surface area contributed by atoms with Crippen molar-refractivity contribution in [3.05, 3.63) is 34.1 Å². The monoisotopic (exact) mass is 362 g/mol. The molecule has 0 saturated carbocycles. The first kappa shape index (κ1) is 17.9. The van der Waals surface area contributed by atoms with Crippen LogP contribution >= 0.6 is 11.6 Å². The third-order valence-corrected chi connectivity index (χ3v) is 4.82. The number of carbonyl (C=O) groups excluding carboxylic acids is 1. The van der Waals surface area contributed by atoms with Crippen molar-refractivity contribution < 1.29 is 9.53 Å². The fraction of sp³-hybridized carbons (Fsp3) is 0.500. The minimum absolute atomic E-state index is 0.0604. The van der Waals surface area contributed by atoms with Crippen LogP contribution in [0.2, 0.25) is 5.02 Å². The quantitative estimate of drug-likeness (QED) is 0.886. The summed E-state index contributed by atoms with van der Waals surface area (Å²) in [7, 11) is 1.65. The second-order valence-electron chi connectivity index (χ2n) is 6.35. The van der Waals surface area contributed by atoms with Gasteiger partial charge in [-0.15, -0.1) is 0 Å². The van der Waals surface area contributed by atoms with Crippen LogP contribution in [0.1, 0.15) is 41.0 Å². The lowest BCUT2D eigenvalue weighted by Crippen LogP contribution is -2.36. The summed E-state index contributed by atoms with van der Waals surface area (Å²) >= 11 is 6.40. The largest absolute Gasteiger partial charge is 0.384 e. The summed E-state index contributed by atoms with van der Waals surface area (Å²) in [5, 5.41) is 7.69. The summed E-state index contributed by atoms with van der Waals surface area (Å²) in [6, 6.07) is 3.64. The Morgan fingerprint density at radius 1 is 1.32 bits per heavy atom. The number of nitrogens with zero attached hydrogens (tertiary/aromatic N) is 3.